The van der Waals surface area contributed by atoms with Gasteiger partial charge in [-0.05, 0) is 29.8 Å². The summed E-state index contributed by atoms with van der Waals surface area (Å²) in [6.45, 7) is 1.18. The molecule has 0 aliphatic rings. The van der Waals surface area contributed by atoms with E-state index in [0.29, 0.717) is 13.1 Å². The first-order chi connectivity index (χ1) is 9.72. The van der Waals surface area contributed by atoms with Crippen molar-refractivity contribution >= 4 is 21.6 Å². The number of fused-ring (bicyclic) bond motifs is 1. The molecule has 0 aliphatic heterocycles. The predicted octanol–water partition coefficient (Wildman–Crippen LogP) is 3.43. The number of hydrogen-bond donors (Lipinski definition) is 2. The standard InChI is InChI=1S/C15H13FN2OS/c16-11-7-10(5-6-13(11)19)8-17-9-15-18-12-3-1-2-4-14(12)20-15/h1-7,17,19H,8-9H2. The molecule has 102 valence electrons. The fourth-order valence-electron chi connectivity index (χ4n) is 1.97. The van der Waals surface area contributed by atoms with E-state index in [2.05, 4.69) is 10.3 Å². The maximum Gasteiger partial charge on any atom is 0.165 e. The predicted molar refractivity (Wildman–Crippen MR) is 78.2 cm³/mol. The Hall–Kier alpha value is -1.98. The van der Waals surface area contributed by atoms with Crippen molar-refractivity contribution in [3.05, 3.63) is 58.9 Å². The van der Waals surface area contributed by atoms with E-state index in [-0.39, 0.29) is 5.75 Å². The van der Waals surface area contributed by atoms with E-state index in [1.807, 2.05) is 24.3 Å². The van der Waals surface area contributed by atoms with Gasteiger partial charge in [-0.25, -0.2) is 9.37 Å². The molecule has 0 saturated heterocycles. The minimum atomic E-state index is -0.593. The maximum absolute atomic E-state index is 13.2. The van der Waals surface area contributed by atoms with Gasteiger partial charge >= 0.3 is 0 Å². The number of halogens is 1. The van der Waals surface area contributed by atoms with Crippen LogP contribution >= 0.6 is 11.3 Å². The Bertz CT molecular complexity index is 709. The fourth-order valence-corrected chi connectivity index (χ4v) is 2.91. The van der Waals surface area contributed by atoms with Crippen LogP contribution in [-0.2, 0) is 13.1 Å². The van der Waals surface area contributed by atoms with Crippen LogP contribution in [0.5, 0.6) is 5.75 Å². The van der Waals surface area contributed by atoms with Crippen LogP contribution in [0.25, 0.3) is 10.2 Å². The van der Waals surface area contributed by atoms with E-state index in [0.717, 1.165) is 16.1 Å². The van der Waals surface area contributed by atoms with E-state index in [1.54, 1.807) is 17.4 Å². The normalized spacial score (nSPS) is 11.1. The van der Waals surface area contributed by atoms with Gasteiger partial charge in [-0.3, -0.25) is 0 Å². The highest BCUT2D eigenvalue weighted by molar-refractivity contribution is 7.18. The average Bonchev–Trinajstić information content (AvgIpc) is 2.85. The third-order valence-corrected chi connectivity index (χ3v) is 3.99. The number of benzene rings is 2. The van der Waals surface area contributed by atoms with Crippen molar-refractivity contribution in [2.45, 2.75) is 13.1 Å². The van der Waals surface area contributed by atoms with Gasteiger partial charge in [-0.2, -0.15) is 0 Å². The highest BCUT2D eigenvalue weighted by Crippen LogP contribution is 2.21. The first-order valence-corrected chi connectivity index (χ1v) is 7.06. The van der Waals surface area contributed by atoms with E-state index in [4.69, 9.17) is 5.11 Å². The number of nitrogens with zero attached hydrogens (tertiary/aromatic N) is 1. The number of nitrogens with one attached hydrogen (secondary N) is 1. The third-order valence-electron chi connectivity index (χ3n) is 2.96. The summed E-state index contributed by atoms with van der Waals surface area (Å²) in [5.41, 5.74) is 1.80. The number of thiazole rings is 1. The van der Waals surface area contributed by atoms with Crippen LogP contribution < -0.4 is 5.32 Å². The van der Waals surface area contributed by atoms with Gasteiger partial charge in [0.15, 0.2) is 11.6 Å². The zero-order valence-corrected chi connectivity index (χ0v) is 11.5. The van der Waals surface area contributed by atoms with Crippen molar-refractivity contribution < 1.29 is 9.50 Å². The molecule has 0 bridgehead atoms. The van der Waals surface area contributed by atoms with Crippen LogP contribution in [0.4, 0.5) is 4.39 Å². The molecule has 0 radical (unpaired) electrons. The molecule has 3 aromatic rings. The van der Waals surface area contributed by atoms with E-state index in [9.17, 15) is 4.39 Å². The molecule has 1 heterocycles. The first kappa shape index (κ1) is 13.0. The van der Waals surface area contributed by atoms with Crippen molar-refractivity contribution in [1.29, 1.82) is 0 Å². The molecule has 0 spiro atoms. The maximum atomic E-state index is 13.2. The molecule has 5 heteroatoms. The van der Waals surface area contributed by atoms with Crippen LogP contribution in [0, 0.1) is 5.82 Å². The van der Waals surface area contributed by atoms with Gasteiger partial charge < -0.3 is 10.4 Å². The summed E-state index contributed by atoms with van der Waals surface area (Å²) < 4.78 is 14.3. The number of aromatic nitrogens is 1. The van der Waals surface area contributed by atoms with Crippen LogP contribution in [0.2, 0.25) is 0 Å². The molecular weight excluding hydrogens is 275 g/mol. The van der Waals surface area contributed by atoms with Gasteiger partial charge in [0.05, 0.1) is 10.2 Å². The van der Waals surface area contributed by atoms with Crippen molar-refractivity contribution in [1.82, 2.24) is 10.3 Å². The molecule has 20 heavy (non-hydrogen) atoms. The molecule has 0 amide bonds. The summed E-state index contributed by atoms with van der Waals surface area (Å²) in [4.78, 5) is 4.52. The number of rotatable bonds is 4. The monoisotopic (exact) mass is 288 g/mol. The van der Waals surface area contributed by atoms with Crippen LogP contribution in [-0.4, -0.2) is 10.1 Å². The Balaban J connectivity index is 1.63. The van der Waals surface area contributed by atoms with Gasteiger partial charge in [0.2, 0.25) is 0 Å². The Morgan fingerprint density at radius 1 is 1.15 bits per heavy atom. The largest absolute Gasteiger partial charge is 0.505 e. The highest BCUT2D eigenvalue weighted by Gasteiger charge is 2.04. The number of hydrogen-bond acceptors (Lipinski definition) is 4. The van der Waals surface area contributed by atoms with E-state index < -0.39 is 5.82 Å². The van der Waals surface area contributed by atoms with Gasteiger partial charge in [-0.1, -0.05) is 18.2 Å². The molecule has 3 nitrogen and oxygen atoms in total. The third kappa shape index (κ3) is 2.79. The minimum absolute atomic E-state index is 0.320. The zero-order valence-electron chi connectivity index (χ0n) is 10.6. The van der Waals surface area contributed by atoms with E-state index in [1.165, 1.54) is 16.8 Å². The molecule has 2 N–H and O–H groups in total. The highest BCUT2D eigenvalue weighted by atomic mass is 32.1. The lowest BCUT2D eigenvalue weighted by Crippen LogP contribution is -2.12. The van der Waals surface area contributed by atoms with Crippen LogP contribution in [0.3, 0.4) is 0 Å². The van der Waals surface area contributed by atoms with Crippen molar-refractivity contribution in [3.63, 3.8) is 0 Å². The van der Waals surface area contributed by atoms with Crippen molar-refractivity contribution in [3.8, 4) is 5.75 Å². The number of phenolic OH excluding ortho intramolecular Hbond substituents is 1. The summed E-state index contributed by atoms with van der Waals surface area (Å²) in [5.74, 6) is -0.913. The quantitative estimate of drug-likeness (QED) is 0.773. The van der Waals surface area contributed by atoms with Gasteiger partial charge in [0, 0.05) is 13.1 Å². The molecule has 2 aromatic carbocycles. The number of phenols is 1. The SMILES string of the molecule is Oc1ccc(CNCc2nc3ccccc3s2)cc1F. The van der Waals surface area contributed by atoms with Crippen molar-refractivity contribution in [2.24, 2.45) is 0 Å². The zero-order chi connectivity index (χ0) is 13.9. The molecule has 0 fully saturated rings. The molecule has 1 aromatic heterocycles. The molecule has 3 rings (SSSR count). The van der Waals surface area contributed by atoms with Gasteiger partial charge in [-0.15, -0.1) is 11.3 Å². The average molecular weight is 288 g/mol. The lowest BCUT2D eigenvalue weighted by atomic mass is 10.2. The lowest BCUT2D eigenvalue weighted by Gasteiger charge is -2.03. The summed E-state index contributed by atoms with van der Waals surface area (Å²) in [6.07, 6.45) is 0. The van der Waals surface area contributed by atoms with E-state index >= 15 is 0 Å². The summed E-state index contributed by atoms with van der Waals surface area (Å²) in [6, 6.07) is 12.4. The topological polar surface area (TPSA) is 45.1 Å². The minimum Gasteiger partial charge on any atom is -0.505 e. The number of aromatic hydroxyl groups is 1. The van der Waals surface area contributed by atoms with Crippen LogP contribution in [0.15, 0.2) is 42.5 Å². The van der Waals surface area contributed by atoms with Gasteiger partial charge in [0.25, 0.3) is 0 Å². The summed E-state index contributed by atoms with van der Waals surface area (Å²) >= 11 is 1.65. The first-order valence-electron chi connectivity index (χ1n) is 6.25. The molecule has 0 aliphatic carbocycles. The summed E-state index contributed by atoms with van der Waals surface area (Å²) in [5, 5.41) is 13.4. The second kappa shape index (κ2) is 5.56. The summed E-state index contributed by atoms with van der Waals surface area (Å²) in [7, 11) is 0. The van der Waals surface area contributed by atoms with Crippen LogP contribution in [0.1, 0.15) is 10.6 Å². The molecule has 0 unspecified atom stereocenters. The van der Waals surface area contributed by atoms with Crippen molar-refractivity contribution in [2.75, 3.05) is 0 Å². The fraction of sp³-hybridized carbons (Fsp3) is 0.133. The molecular formula is C15H13FN2OS. The Morgan fingerprint density at radius 2 is 2.00 bits per heavy atom. The Kier molecular flexibility index (Phi) is 3.62. The lowest BCUT2D eigenvalue weighted by molar-refractivity contribution is 0.431. The van der Waals surface area contributed by atoms with Gasteiger partial charge in [0.1, 0.15) is 5.01 Å². The molecule has 0 saturated carbocycles. The smallest absolute Gasteiger partial charge is 0.165 e. The number of para-hydroxylation sites is 1. The molecule has 0 atom stereocenters. The Labute approximate surface area is 119 Å². The second-order valence-electron chi connectivity index (χ2n) is 4.46. The second-order valence-corrected chi connectivity index (χ2v) is 5.58. The Morgan fingerprint density at radius 3 is 2.80 bits per heavy atom.